The molecule has 2 N–H and O–H groups in total. The van der Waals surface area contributed by atoms with E-state index in [1.54, 1.807) is 12.1 Å². The zero-order chi connectivity index (χ0) is 15.6. The molecule has 0 radical (unpaired) electrons. The van der Waals surface area contributed by atoms with Gasteiger partial charge < -0.3 is 5.32 Å². The van der Waals surface area contributed by atoms with Crippen LogP contribution in [0.5, 0.6) is 0 Å². The van der Waals surface area contributed by atoms with Crippen LogP contribution in [0.25, 0.3) is 0 Å². The van der Waals surface area contributed by atoms with Gasteiger partial charge in [0, 0.05) is 5.69 Å². The highest BCUT2D eigenvalue weighted by molar-refractivity contribution is 7.92. The van der Waals surface area contributed by atoms with Crippen molar-refractivity contribution in [2.75, 3.05) is 16.3 Å². The zero-order valence-corrected chi connectivity index (χ0v) is 13.4. The van der Waals surface area contributed by atoms with E-state index in [1.165, 1.54) is 11.8 Å². The van der Waals surface area contributed by atoms with E-state index in [9.17, 15) is 8.42 Å². The van der Waals surface area contributed by atoms with Crippen molar-refractivity contribution in [2.45, 2.75) is 20.8 Å². The van der Waals surface area contributed by atoms with Gasteiger partial charge in [-0.25, -0.2) is 13.4 Å². The lowest BCUT2D eigenvalue weighted by Gasteiger charge is -2.13. The van der Waals surface area contributed by atoms with Crippen molar-refractivity contribution < 1.29 is 8.42 Å². The van der Waals surface area contributed by atoms with Gasteiger partial charge in [0.15, 0.2) is 0 Å². The molecule has 0 saturated heterocycles. The molecule has 0 aliphatic heterocycles. The third kappa shape index (κ3) is 4.19. The lowest BCUT2D eigenvalue weighted by molar-refractivity contribution is 0.607. The largest absolute Gasteiger partial charge is 0.340 e. The minimum atomic E-state index is -3.28. The Morgan fingerprint density at radius 2 is 1.67 bits per heavy atom. The van der Waals surface area contributed by atoms with Gasteiger partial charge >= 0.3 is 0 Å². The van der Waals surface area contributed by atoms with Gasteiger partial charge in [0.25, 0.3) is 0 Å². The number of nitrogens with one attached hydrogen (secondary N) is 2. The van der Waals surface area contributed by atoms with Crippen LogP contribution in [0.15, 0.2) is 30.5 Å². The normalized spacial score (nSPS) is 11.2. The molecule has 112 valence electrons. The fourth-order valence-electron chi connectivity index (χ4n) is 2.25. The van der Waals surface area contributed by atoms with Crippen molar-refractivity contribution in [3.05, 3.63) is 47.2 Å². The molecule has 0 atom stereocenters. The Labute approximate surface area is 125 Å². The molecule has 1 heterocycles. The lowest BCUT2D eigenvalue weighted by Crippen LogP contribution is -2.09. The second-order valence-corrected chi connectivity index (χ2v) is 6.95. The summed E-state index contributed by atoms with van der Waals surface area (Å²) in [6.07, 6.45) is 2.60. The number of benzene rings is 1. The monoisotopic (exact) mass is 305 g/mol. The molecule has 0 saturated carbocycles. The summed E-state index contributed by atoms with van der Waals surface area (Å²) in [7, 11) is -3.28. The van der Waals surface area contributed by atoms with Crippen LogP contribution < -0.4 is 10.0 Å². The molecule has 0 unspecified atom stereocenters. The van der Waals surface area contributed by atoms with Gasteiger partial charge in [-0.15, -0.1) is 0 Å². The molecule has 6 heteroatoms. The summed E-state index contributed by atoms with van der Waals surface area (Å²) in [6.45, 7) is 6.15. The first-order valence-corrected chi connectivity index (χ1v) is 8.42. The van der Waals surface area contributed by atoms with E-state index < -0.39 is 10.0 Å². The van der Waals surface area contributed by atoms with Crippen molar-refractivity contribution in [2.24, 2.45) is 0 Å². The number of hydrogen-bond acceptors (Lipinski definition) is 4. The molecule has 1 aromatic heterocycles. The molecule has 0 aliphatic carbocycles. The summed E-state index contributed by atoms with van der Waals surface area (Å²) in [5.41, 5.74) is 4.98. The standard InChI is InChI=1S/C15H19N3O2S/c1-10-7-11(2)15(12(3)8-10)17-14-6-5-13(9-16-14)18-21(4,19)20/h5-9,18H,1-4H3,(H,16,17). The SMILES string of the molecule is Cc1cc(C)c(Nc2ccc(NS(C)(=O)=O)cn2)c(C)c1. The Balaban J connectivity index is 2.21. The molecule has 21 heavy (non-hydrogen) atoms. The first-order valence-electron chi connectivity index (χ1n) is 6.53. The number of aryl methyl sites for hydroxylation is 3. The van der Waals surface area contributed by atoms with Crippen LogP contribution >= 0.6 is 0 Å². The maximum atomic E-state index is 11.1. The first-order chi connectivity index (χ1) is 9.74. The minimum absolute atomic E-state index is 0.445. The second kappa shape index (κ2) is 5.73. The molecule has 1 aromatic carbocycles. The Hall–Kier alpha value is -2.08. The molecule has 2 aromatic rings. The number of rotatable bonds is 4. The summed E-state index contributed by atoms with van der Waals surface area (Å²) in [5, 5.41) is 3.27. The van der Waals surface area contributed by atoms with Crippen molar-refractivity contribution in [3.63, 3.8) is 0 Å². The van der Waals surface area contributed by atoms with E-state index in [2.05, 4.69) is 34.1 Å². The van der Waals surface area contributed by atoms with Crippen LogP contribution in [-0.2, 0) is 10.0 Å². The smallest absolute Gasteiger partial charge is 0.229 e. The molecule has 0 spiro atoms. The highest BCUT2D eigenvalue weighted by Gasteiger charge is 2.06. The minimum Gasteiger partial charge on any atom is -0.340 e. The van der Waals surface area contributed by atoms with Gasteiger partial charge in [-0.3, -0.25) is 4.72 Å². The van der Waals surface area contributed by atoms with Gasteiger partial charge in [0.2, 0.25) is 10.0 Å². The molecule has 0 amide bonds. The number of anilines is 3. The molecule has 5 nitrogen and oxygen atoms in total. The van der Waals surface area contributed by atoms with E-state index in [0.717, 1.165) is 23.1 Å². The predicted molar refractivity (Wildman–Crippen MR) is 86.6 cm³/mol. The maximum Gasteiger partial charge on any atom is 0.229 e. The summed E-state index contributed by atoms with van der Waals surface area (Å²) < 4.78 is 24.7. The van der Waals surface area contributed by atoms with Gasteiger partial charge in [0.05, 0.1) is 18.1 Å². The Kier molecular flexibility index (Phi) is 4.18. The van der Waals surface area contributed by atoms with Crippen LogP contribution in [0, 0.1) is 20.8 Å². The average molecular weight is 305 g/mol. The van der Waals surface area contributed by atoms with Crippen LogP contribution in [0.2, 0.25) is 0 Å². The molecule has 0 fully saturated rings. The summed E-state index contributed by atoms with van der Waals surface area (Å²) >= 11 is 0. The van der Waals surface area contributed by atoms with Crippen molar-refractivity contribution in [3.8, 4) is 0 Å². The van der Waals surface area contributed by atoms with Crippen molar-refractivity contribution in [1.29, 1.82) is 0 Å². The maximum absolute atomic E-state index is 11.1. The third-order valence-electron chi connectivity index (χ3n) is 3.00. The summed E-state index contributed by atoms with van der Waals surface area (Å²) in [4.78, 5) is 4.22. The fourth-order valence-corrected chi connectivity index (χ4v) is 2.80. The quantitative estimate of drug-likeness (QED) is 0.910. The van der Waals surface area contributed by atoms with Crippen LogP contribution in [0.1, 0.15) is 16.7 Å². The fraction of sp³-hybridized carbons (Fsp3) is 0.267. The van der Waals surface area contributed by atoms with Crippen molar-refractivity contribution in [1.82, 2.24) is 4.98 Å². The number of hydrogen-bond donors (Lipinski definition) is 2. The van der Waals surface area contributed by atoms with E-state index in [0.29, 0.717) is 11.5 Å². The number of aromatic nitrogens is 1. The van der Waals surface area contributed by atoms with Crippen molar-refractivity contribution >= 4 is 27.2 Å². The van der Waals surface area contributed by atoms with E-state index in [-0.39, 0.29) is 0 Å². The zero-order valence-electron chi connectivity index (χ0n) is 12.6. The summed E-state index contributed by atoms with van der Waals surface area (Å²) in [6, 6.07) is 7.63. The topological polar surface area (TPSA) is 71.1 Å². The second-order valence-electron chi connectivity index (χ2n) is 5.21. The Bertz CT molecular complexity index is 730. The molecule has 0 aliphatic rings. The lowest BCUT2D eigenvalue weighted by atomic mass is 10.1. The van der Waals surface area contributed by atoms with E-state index in [1.807, 2.05) is 13.8 Å². The van der Waals surface area contributed by atoms with Crippen LogP contribution in [-0.4, -0.2) is 19.7 Å². The molecule has 2 rings (SSSR count). The molecular weight excluding hydrogens is 286 g/mol. The Morgan fingerprint density at radius 3 is 2.14 bits per heavy atom. The number of nitrogens with zero attached hydrogens (tertiary/aromatic N) is 1. The van der Waals surface area contributed by atoms with E-state index in [4.69, 9.17) is 0 Å². The highest BCUT2D eigenvalue weighted by Crippen LogP contribution is 2.25. The number of pyridine rings is 1. The van der Waals surface area contributed by atoms with Gasteiger partial charge in [-0.1, -0.05) is 17.7 Å². The van der Waals surface area contributed by atoms with E-state index >= 15 is 0 Å². The molecule has 0 bridgehead atoms. The van der Waals surface area contributed by atoms with Gasteiger partial charge in [0.1, 0.15) is 5.82 Å². The van der Waals surface area contributed by atoms with Gasteiger partial charge in [-0.2, -0.15) is 0 Å². The van der Waals surface area contributed by atoms with Crippen LogP contribution in [0.3, 0.4) is 0 Å². The molecular formula is C15H19N3O2S. The first kappa shape index (κ1) is 15.3. The predicted octanol–water partition coefficient (Wildman–Crippen LogP) is 3.12. The highest BCUT2D eigenvalue weighted by atomic mass is 32.2. The summed E-state index contributed by atoms with van der Waals surface area (Å²) in [5.74, 6) is 0.670. The Morgan fingerprint density at radius 1 is 1.05 bits per heavy atom. The average Bonchev–Trinajstić information content (AvgIpc) is 2.34. The van der Waals surface area contributed by atoms with Crippen LogP contribution in [0.4, 0.5) is 17.2 Å². The number of sulfonamides is 1. The van der Waals surface area contributed by atoms with Gasteiger partial charge in [-0.05, 0) is 44.0 Å². The third-order valence-corrected chi connectivity index (χ3v) is 3.60.